The predicted molar refractivity (Wildman–Crippen MR) is 63.8 cm³/mol. The van der Waals surface area contributed by atoms with Crippen LogP contribution < -0.4 is 11.1 Å². The van der Waals surface area contributed by atoms with Crippen LogP contribution in [0.25, 0.3) is 0 Å². The van der Waals surface area contributed by atoms with Gasteiger partial charge in [0.05, 0.1) is 11.9 Å². The van der Waals surface area contributed by atoms with E-state index in [4.69, 9.17) is 5.73 Å². The van der Waals surface area contributed by atoms with Gasteiger partial charge in [-0.3, -0.25) is 0 Å². The lowest BCUT2D eigenvalue weighted by Gasteiger charge is -2.20. The Bertz CT molecular complexity index is 371. The Kier molecular flexibility index (Phi) is 2.90. The van der Waals surface area contributed by atoms with Crippen LogP contribution in [0.5, 0.6) is 0 Å². The number of aromatic nitrogens is 1. The number of nitrogens with two attached hydrogens (primary N) is 1. The van der Waals surface area contributed by atoms with Crippen LogP contribution in [0.2, 0.25) is 0 Å². The Morgan fingerprint density at radius 1 is 1.47 bits per heavy atom. The molecule has 1 aromatic heterocycles. The minimum atomic E-state index is 0.519. The molecule has 1 heterocycles. The molecule has 0 aliphatic heterocycles. The van der Waals surface area contributed by atoms with E-state index < -0.39 is 0 Å². The molecule has 0 bridgehead atoms. The van der Waals surface area contributed by atoms with Gasteiger partial charge in [0.1, 0.15) is 5.82 Å². The van der Waals surface area contributed by atoms with Gasteiger partial charge < -0.3 is 11.1 Å². The summed E-state index contributed by atoms with van der Waals surface area (Å²) in [6.07, 6.45) is 9.61. The van der Waals surface area contributed by atoms with E-state index in [0.29, 0.717) is 6.04 Å². The fourth-order valence-corrected chi connectivity index (χ4v) is 1.78. The van der Waals surface area contributed by atoms with Crippen molar-refractivity contribution in [3.05, 3.63) is 30.0 Å². The molecule has 1 aliphatic carbocycles. The van der Waals surface area contributed by atoms with Crippen molar-refractivity contribution in [2.45, 2.75) is 32.2 Å². The van der Waals surface area contributed by atoms with Gasteiger partial charge in [0, 0.05) is 6.04 Å². The molecule has 1 aliphatic rings. The predicted octanol–water partition coefficient (Wildman–Crippen LogP) is 2.49. The standard InChI is InChI=1S/C12H17N3/c1-9-7-12(14-8-11(9)13)15-10-5-3-2-4-6-10/h2-3,7-8,10H,4-6,13H2,1H3,(H,14,15). The van der Waals surface area contributed by atoms with E-state index in [2.05, 4.69) is 22.5 Å². The van der Waals surface area contributed by atoms with Crippen molar-refractivity contribution in [3.63, 3.8) is 0 Å². The average Bonchev–Trinajstić information content (AvgIpc) is 2.25. The largest absolute Gasteiger partial charge is 0.397 e. The highest BCUT2D eigenvalue weighted by molar-refractivity contribution is 5.51. The lowest BCUT2D eigenvalue weighted by molar-refractivity contribution is 0.642. The van der Waals surface area contributed by atoms with E-state index >= 15 is 0 Å². The number of rotatable bonds is 2. The Hall–Kier alpha value is -1.51. The molecular weight excluding hydrogens is 186 g/mol. The molecular formula is C12H17N3. The maximum Gasteiger partial charge on any atom is 0.126 e. The molecule has 80 valence electrons. The Labute approximate surface area is 90.4 Å². The monoisotopic (exact) mass is 203 g/mol. The van der Waals surface area contributed by atoms with Crippen molar-refractivity contribution in [1.82, 2.24) is 4.98 Å². The highest BCUT2D eigenvalue weighted by Gasteiger charge is 2.09. The molecule has 0 spiro atoms. The first-order valence-electron chi connectivity index (χ1n) is 5.39. The highest BCUT2D eigenvalue weighted by Crippen LogP contribution is 2.18. The van der Waals surface area contributed by atoms with Crippen LogP contribution in [-0.2, 0) is 0 Å². The molecule has 2 rings (SSSR count). The average molecular weight is 203 g/mol. The van der Waals surface area contributed by atoms with Crippen LogP contribution >= 0.6 is 0 Å². The van der Waals surface area contributed by atoms with Gasteiger partial charge in [-0.15, -0.1) is 0 Å². The van der Waals surface area contributed by atoms with Gasteiger partial charge in [-0.05, 0) is 37.8 Å². The lowest BCUT2D eigenvalue weighted by Crippen LogP contribution is -2.21. The molecule has 1 atom stereocenters. The second-order valence-electron chi connectivity index (χ2n) is 4.05. The third kappa shape index (κ3) is 2.49. The molecule has 0 saturated carbocycles. The first kappa shape index (κ1) is 10.0. The molecule has 3 nitrogen and oxygen atoms in total. The van der Waals surface area contributed by atoms with Crippen LogP contribution in [0.3, 0.4) is 0 Å². The second-order valence-corrected chi connectivity index (χ2v) is 4.05. The van der Waals surface area contributed by atoms with Crippen LogP contribution in [-0.4, -0.2) is 11.0 Å². The number of hydrogen-bond donors (Lipinski definition) is 2. The van der Waals surface area contributed by atoms with Crippen LogP contribution in [0, 0.1) is 6.92 Å². The van der Waals surface area contributed by atoms with Crippen molar-refractivity contribution < 1.29 is 0 Å². The number of pyridine rings is 1. The number of nitrogen functional groups attached to an aromatic ring is 1. The minimum Gasteiger partial charge on any atom is -0.397 e. The molecule has 15 heavy (non-hydrogen) atoms. The van der Waals surface area contributed by atoms with Gasteiger partial charge in [-0.2, -0.15) is 0 Å². The van der Waals surface area contributed by atoms with Crippen LogP contribution in [0.4, 0.5) is 11.5 Å². The molecule has 0 aromatic carbocycles. The Balaban J connectivity index is 2.04. The van der Waals surface area contributed by atoms with Gasteiger partial charge in [0.2, 0.25) is 0 Å². The van der Waals surface area contributed by atoms with Gasteiger partial charge in [-0.1, -0.05) is 12.2 Å². The summed E-state index contributed by atoms with van der Waals surface area (Å²) in [5, 5.41) is 3.43. The molecule has 3 heteroatoms. The third-order valence-corrected chi connectivity index (χ3v) is 2.77. The summed E-state index contributed by atoms with van der Waals surface area (Å²) in [6, 6.07) is 2.53. The highest BCUT2D eigenvalue weighted by atomic mass is 15.0. The van der Waals surface area contributed by atoms with Crippen molar-refractivity contribution in [2.24, 2.45) is 0 Å². The quantitative estimate of drug-likeness (QED) is 0.726. The molecule has 3 N–H and O–H groups in total. The smallest absolute Gasteiger partial charge is 0.126 e. The van der Waals surface area contributed by atoms with Gasteiger partial charge in [-0.25, -0.2) is 4.98 Å². The van der Waals surface area contributed by atoms with E-state index in [1.165, 1.54) is 6.42 Å². The summed E-state index contributed by atoms with van der Waals surface area (Å²) in [4.78, 5) is 4.27. The van der Waals surface area contributed by atoms with Crippen molar-refractivity contribution in [2.75, 3.05) is 11.1 Å². The number of nitrogens with one attached hydrogen (secondary N) is 1. The van der Waals surface area contributed by atoms with Crippen LogP contribution in [0.15, 0.2) is 24.4 Å². The molecule has 1 unspecified atom stereocenters. The van der Waals surface area contributed by atoms with E-state index in [1.807, 2.05) is 13.0 Å². The summed E-state index contributed by atoms with van der Waals surface area (Å²) in [7, 11) is 0. The zero-order chi connectivity index (χ0) is 10.7. The molecule has 0 saturated heterocycles. The summed E-state index contributed by atoms with van der Waals surface area (Å²) in [6.45, 7) is 2.00. The summed E-state index contributed by atoms with van der Waals surface area (Å²) in [5.74, 6) is 0.932. The Morgan fingerprint density at radius 3 is 3.00 bits per heavy atom. The number of allylic oxidation sites excluding steroid dienone is 1. The zero-order valence-corrected chi connectivity index (χ0v) is 9.03. The normalized spacial score (nSPS) is 20.2. The number of anilines is 2. The fourth-order valence-electron chi connectivity index (χ4n) is 1.78. The molecule has 1 aromatic rings. The maximum absolute atomic E-state index is 5.72. The lowest BCUT2D eigenvalue weighted by atomic mass is 10.0. The third-order valence-electron chi connectivity index (χ3n) is 2.77. The summed E-state index contributed by atoms with van der Waals surface area (Å²) < 4.78 is 0. The van der Waals surface area contributed by atoms with Crippen molar-refractivity contribution in [1.29, 1.82) is 0 Å². The minimum absolute atomic E-state index is 0.519. The number of aryl methyl sites for hydroxylation is 1. The molecule has 0 fully saturated rings. The van der Waals surface area contributed by atoms with E-state index in [-0.39, 0.29) is 0 Å². The topological polar surface area (TPSA) is 50.9 Å². The molecule has 0 amide bonds. The number of nitrogens with zero attached hydrogens (tertiary/aromatic N) is 1. The number of hydrogen-bond acceptors (Lipinski definition) is 3. The summed E-state index contributed by atoms with van der Waals surface area (Å²) in [5.41, 5.74) is 7.56. The van der Waals surface area contributed by atoms with Gasteiger partial charge in [0.15, 0.2) is 0 Å². The SMILES string of the molecule is Cc1cc(NC2CC=CCC2)ncc1N. The van der Waals surface area contributed by atoms with Crippen molar-refractivity contribution in [3.8, 4) is 0 Å². The molecule has 0 radical (unpaired) electrons. The van der Waals surface area contributed by atoms with Gasteiger partial charge in [0.25, 0.3) is 0 Å². The first-order chi connectivity index (χ1) is 7.25. The second kappa shape index (κ2) is 4.34. The van der Waals surface area contributed by atoms with E-state index in [9.17, 15) is 0 Å². The van der Waals surface area contributed by atoms with Crippen LogP contribution in [0.1, 0.15) is 24.8 Å². The van der Waals surface area contributed by atoms with E-state index in [1.54, 1.807) is 6.20 Å². The first-order valence-corrected chi connectivity index (χ1v) is 5.39. The zero-order valence-electron chi connectivity index (χ0n) is 9.03. The fraction of sp³-hybridized carbons (Fsp3) is 0.417. The van der Waals surface area contributed by atoms with E-state index in [0.717, 1.165) is 29.9 Å². The maximum atomic E-state index is 5.72. The Morgan fingerprint density at radius 2 is 2.33 bits per heavy atom. The summed E-state index contributed by atoms with van der Waals surface area (Å²) >= 11 is 0. The van der Waals surface area contributed by atoms with Gasteiger partial charge >= 0.3 is 0 Å². The van der Waals surface area contributed by atoms with Crippen molar-refractivity contribution >= 4 is 11.5 Å².